The van der Waals surface area contributed by atoms with E-state index in [1.807, 2.05) is 36.1 Å². The van der Waals surface area contributed by atoms with Gasteiger partial charge in [0.05, 0.1) is 27.0 Å². The molecule has 2 heterocycles. The second-order valence-corrected chi connectivity index (χ2v) is 6.73. The first-order valence-electron chi connectivity index (χ1n) is 9.37. The number of nitrogens with zero attached hydrogens (tertiary/aromatic N) is 4. The van der Waals surface area contributed by atoms with Crippen molar-refractivity contribution in [1.82, 2.24) is 20.0 Å². The predicted molar refractivity (Wildman–Crippen MR) is 107 cm³/mol. The van der Waals surface area contributed by atoms with Gasteiger partial charge in [0.1, 0.15) is 11.5 Å². The Kier molecular flexibility index (Phi) is 6.21. The summed E-state index contributed by atoms with van der Waals surface area (Å²) < 4.78 is 12.6. The first-order valence-corrected chi connectivity index (χ1v) is 9.37. The molecule has 1 unspecified atom stereocenters. The first kappa shape index (κ1) is 19.1. The third-order valence-corrected chi connectivity index (χ3v) is 4.91. The highest BCUT2D eigenvalue weighted by Crippen LogP contribution is 2.28. The molecule has 27 heavy (non-hydrogen) atoms. The second kappa shape index (κ2) is 8.79. The van der Waals surface area contributed by atoms with Crippen molar-refractivity contribution < 1.29 is 9.47 Å². The lowest BCUT2D eigenvalue weighted by atomic mass is 10.0. The van der Waals surface area contributed by atoms with Gasteiger partial charge in [-0.15, -0.1) is 0 Å². The maximum absolute atomic E-state index is 5.49. The highest BCUT2D eigenvalue weighted by molar-refractivity contribution is 5.80. The summed E-state index contributed by atoms with van der Waals surface area (Å²) in [6.07, 6.45) is 5.20. The quantitative estimate of drug-likeness (QED) is 0.624. The zero-order chi connectivity index (χ0) is 19.2. The monoisotopic (exact) mass is 371 g/mol. The van der Waals surface area contributed by atoms with E-state index in [0.717, 1.165) is 49.1 Å². The summed E-state index contributed by atoms with van der Waals surface area (Å²) in [4.78, 5) is 7.18. The Bertz CT molecular complexity index is 786. The molecular formula is C20H29N5O2. The summed E-state index contributed by atoms with van der Waals surface area (Å²) >= 11 is 0. The smallest absolute Gasteiger partial charge is 0.194 e. The zero-order valence-corrected chi connectivity index (χ0v) is 16.6. The number of aryl methyl sites for hydroxylation is 1. The Morgan fingerprint density at radius 2 is 2.19 bits per heavy atom. The largest absolute Gasteiger partial charge is 0.497 e. The maximum Gasteiger partial charge on any atom is 0.194 e. The molecule has 2 aromatic rings. The van der Waals surface area contributed by atoms with Gasteiger partial charge in [-0.3, -0.25) is 4.68 Å². The fraction of sp³-hybridized carbons (Fsp3) is 0.500. The van der Waals surface area contributed by atoms with Crippen LogP contribution in [0, 0.1) is 0 Å². The van der Waals surface area contributed by atoms with Crippen molar-refractivity contribution in [2.75, 3.05) is 33.9 Å². The van der Waals surface area contributed by atoms with Crippen LogP contribution in [0.3, 0.4) is 0 Å². The van der Waals surface area contributed by atoms with Crippen LogP contribution in [0.25, 0.3) is 0 Å². The van der Waals surface area contributed by atoms with E-state index in [9.17, 15) is 0 Å². The van der Waals surface area contributed by atoms with Crippen molar-refractivity contribution in [3.05, 3.63) is 41.7 Å². The molecule has 146 valence electrons. The molecule has 0 aliphatic carbocycles. The molecule has 1 aromatic heterocycles. The van der Waals surface area contributed by atoms with Gasteiger partial charge < -0.3 is 19.7 Å². The second-order valence-electron chi connectivity index (χ2n) is 6.73. The van der Waals surface area contributed by atoms with E-state index < -0.39 is 0 Å². The van der Waals surface area contributed by atoms with Gasteiger partial charge in [0.25, 0.3) is 0 Å². The van der Waals surface area contributed by atoms with Crippen LogP contribution in [-0.4, -0.2) is 54.5 Å². The number of benzene rings is 1. The highest BCUT2D eigenvalue weighted by atomic mass is 16.5. The van der Waals surface area contributed by atoms with Crippen molar-refractivity contribution in [2.45, 2.75) is 25.8 Å². The lowest BCUT2D eigenvalue weighted by Gasteiger charge is -2.21. The minimum atomic E-state index is 0.498. The summed E-state index contributed by atoms with van der Waals surface area (Å²) in [6.45, 7) is 5.44. The molecule has 7 heteroatoms. The molecule has 0 amide bonds. The molecule has 7 nitrogen and oxygen atoms in total. The minimum absolute atomic E-state index is 0.498. The molecule has 1 N–H and O–H groups in total. The Labute approximate surface area is 161 Å². The average molecular weight is 371 g/mol. The average Bonchev–Trinajstić information content (AvgIpc) is 3.34. The number of nitrogens with one attached hydrogen (secondary N) is 1. The van der Waals surface area contributed by atoms with E-state index in [-0.39, 0.29) is 0 Å². The number of likely N-dealkylation sites (tertiary alicyclic amines) is 1. The number of hydrogen-bond donors (Lipinski definition) is 1. The predicted octanol–water partition coefficient (Wildman–Crippen LogP) is 2.39. The summed E-state index contributed by atoms with van der Waals surface area (Å²) in [7, 11) is 5.29. The molecule has 1 aromatic carbocycles. The molecule has 0 radical (unpaired) electrons. The molecule has 0 saturated carbocycles. The molecule has 0 spiro atoms. The molecular weight excluding hydrogens is 342 g/mol. The van der Waals surface area contributed by atoms with Gasteiger partial charge >= 0.3 is 0 Å². The van der Waals surface area contributed by atoms with E-state index >= 15 is 0 Å². The Hall–Kier alpha value is -2.70. The van der Waals surface area contributed by atoms with Crippen molar-refractivity contribution in [1.29, 1.82) is 0 Å². The van der Waals surface area contributed by atoms with Crippen molar-refractivity contribution in [2.24, 2.45) is 12.0 Å². The summed E-state index contributed by atoms with van der Waals surface area (Å²) in [5.74, 6) is 3.02. The number of rotatable bonds is 6. The van der Waals surface area contributed by atoms with E-state index in [0.29, 0.717) is 12.5 Å². The molecule has 1 saturated heterocycles. The number of guanidine groups is 1. The fourth-order valence-corrected chi connectivity index (χ4v) is 3.44. The van der Waals surface area contributed by atoms with E-state index in [1.54, 1.807) is 14.2 Å². The molecule has 0 bridgehead atoms. The summed E-state index contributed by atoms with van der Waals surface area (Å²) in [6, 6.07) is 5.84. The zero-order valence-electron chi connectivity index (χ0n) is 16.6. The maximum atomic E-state index is 5.49. The highest BCUT2D eigenvalue weighted by Gasteiger charge is 2.26. The number of aromatic nitrogens is 2. The van der Waals surface area contributed by atoms with E-state index in [4.69, 9.17) is 14.5 Å². The first-order chi connectivity index (χ1) is 13.1. The Morgan fingerprint density at radius 1 is 1.33 bits per heavy atom. The van der Waals surface area contributed by atoms with Crippen LogP contribution >= 0.6 is 0 Å². The van der Waals surface area contributed by atoms with Gasteiger partial charge in [-0.2, -0.15) is 5.10 Å². The molecule has 1 aliphatic heterocycles. The molecule has 3 rings (SSSR count). The Balaban J connectivity index is 1.72. The lowest BCUT2D eigenvalue weighted by molar-refractivity contribution is 0.391. The topological polar surface area (TPSA) is 63.9 Å². The van der Waals surface area contributed by atoms with E-state index in [1.165, 1.54) is 5.56 Å². The van der Waals surface area contributed by atoms with Crippen molar-refractivity contribution >= 4 is 5.96 Å². The number of aliphatic imine (C=N–C) groups is 1. The number of hydrogen-bond acceptors (Lipinski definition) is 4. The fourth-order valence-electron chi connectivity index (χ4n) is 3.44. The van der Waals surface area contributed by atoms with Gasteiger partial charge in [-0.05, 0) is 31.0 Å². The van der Waals surface area contributed by atoms with Crippen LogP contribution in [0.5, 0.6) is 11.5 Å². The normalized spacial score (nSPS) is 17.3. The third kappa shape index (κ3) is 4.53. The summed E-state index contributed by atoms with van der Waals surface area (Å²) in [5.41, 5.74) is 2.34. The molecule has 1 aliphatic rings. The van der Waals surface area contributed by atoms with Gasteiger partial charge in [-0.1, -0.05) is 0 Å². The number of ether oxygens (including phenoxy) is 2. The SMILES string of the molecule is CCNC(=NCc1ccc(OC)cc1OC)N1CCC(c2cnn(C)c2)C1. The van der Waals surface area contributed by atoms with Crippen LogP contribution in [0.2, 0.25) is 0 Å². The standard InChI is InChI=1S/C20H29N5O2/c1-5-21-20(22-11-15-6-7-18(26-3)10-19(15)27-4)25-9-8-16(14-25)17-12-23-24(2)13-17/h6-7,10,12-13,16H,5,8-9,11,14H2,1-4H3,(H,21,22). The van der Waals surface area contributed by atoms with Crippen molar-refractivity contribution in [3.63, 3.8) is 0 Å². The van der Waals surface area contributed by atoms with Gasteiger partial charge in [0, 0.05) is 50.4 Å². The lowest BCUT2D eigenvalue weighted by Crippen LogP contribution is -2.40. The van der Waals surface area contributed by atoms with Crippen LogP contribution in [0.15, 0.2) is 35.6 Å². The summed E-state index contributed by atoms with van der Waals surface area (Å²) in [5, 5.41) is 7.73. The van der Waals surface area contributed by atoms with Crippen LogP contribution in [0.4, 0.5) is 0 Å². The Morgan fingerprint density at radius 3 is 2.85 bits per heavy atom. The molecule has 1 fully saturated rings. The minimum Gasteiger partial charge on any atom is -0.497 e. The van der Waals surface area contributed by atoms with E-state index in [2.05, 4.69) is 28.4 Å². The number of methoxy groups -OCH3 is 2. The van der Waals surface area contributed by atoms with Gasteiger partial charge in [0.2, 0.25) is 0 Å². The van der Waals surface area contributed by atoms with Gasteiger partial charge in [-0.25, -0.2) is 4.99 Å². The molecule has 1 atom stereocenters. The van der Waals surface area contributed by atoms with Crippen LogP contribution in [-0.2, 0) is 13.6 Å². The van der Waals surface area contributed by atoms with Crippen LogP contribution < -0.4 is 14.8 Å². The van der Waals surface area contributed by atoms with Crippen LogP contribution in [0.1, 0.15) is 30.4 Å². The van der Waals surface area contributed by atoms with Gasteiger partial charge in [0.15, 0.2) is 5.96 Å². The van der Waals surface area contributed by atoms with Crippen molar-refractivity contribution in [3.8, 4) is 11.5 Å². The third-order valence-electron chi connectivity index (χ3n) is 4.91.